The van der Waals surface area contributed by atoms with Gasteiger partial charge in [0.05, 0.1) is 0 Å². The Kier molecular flexibility index (Phi) is 6.89. The third kappa shape index (κ3) is 4.43. The second kappa shape index (κ2) is 8.44. The Hall–Kier alpha value is -1.73. The van der Waals surface area contributed by atoms with Crippen LogP contribution in [0.4, 0.5) is 0 Å². The van der Waals surface area contributed by atoms with Crippen molar-refractivity contribution < 1.29 is 4.79 Å². The molecule has 1 fully saturated rings. The Labute approximate surface area is 126 Å². The van der Waals surface area contributed by atoms with Gasteiger partial charge in [-0.2, -0.15) is 5.26 Å². The van der Waals surface area contributed by atoms with Gasteiger partial charge in [-0.15, -0.1) is 12.4 Å². The Balaban J connectivity index is 0.00000200. The number of benzene rings is 1. The topological polar surface area (TPSA) is 56.1 Å². The fourth-order valence-corrected chi connectivity index (χ4v) is 2.46. The molecular weight excluding hydrogens is 274 g/mol. The molecule has 1 heterocycles. The lowest BCUT2D eigenvalue weighted by Gasteiger charge is -2.30. The third-order valence-electron chi connectivity index (χ3n) is 3.49. The number of carbonyl (C=O) groups excluding carboxylic acids is 1. The number of nitrogens with zero attached hydrogens (tertiary/aromatic N) is 2. The minimum atomic E-state index is -0.439. The molecule has 1 atom stereocenters. The smallest absolute Gasteiger partial charge is 0.246 e. The average molecular weight is 294 g/mol. The normalized spacial score (nSPS) is 15.7. The SMILES string of the molecule is Cl.N#CN[C@@H](Cc1ccccc1)C(=O)N1CCCCC1. The van der Waals surface area contributed by atoms with Gasteiger partial charge < -0.3 is 10.2 Å². The maximum Gasteiger partial charge on any atom is 0.246 e. The van der Waals surface area contributed by atoms with Crippen molar-refractivity contribution in [1.82, 2.24) is 10.2 Å². The number of rotatable bonds is 4. The number of halogens is 1. The summed E-state index contributed by atoms with van der Waals surface area (Å²) in [5.41, 5.74) is 1.07. The molecule has 108 valence electrons. The minimum absolute atomic E-state index is 0. The van der Waals surface area contributed by atoms with Gasteiger partial charge in [-0.1, -0.05) is 30.3 Å². The van der Waals surface area contributed by atoms with Crippen LogP contribution in [0.3, 0.4) is 0 Å². The summed E-state index contributed by atoms with van der Waals surface area (Å²) in [5, 5.41) is 11.5. The fraction of sp³-hybridized carbons (Fsp3) is 0.467. The van der Waals surface area contributed by atoms with Gasteiger partial charge in [0, 0.05) is 19.5 Å². The highest BCUT2D eigenvalue weighted by molar-refractivity contribution is 5.85. The average Bonchev–Trinajstić information content (AvgIpc) is 2.48. The van der Waals surface area contributed by atoms with E-state index in [1.165, 1.54) is 6.42 Å². The first-order valence-corrected chi connectivity index (χ1v) is 6.78. The van der Waals surface area contributed by atoms with Crippen LogP contribution in [0.2, 0.25) is 0 Å². The molecule has 1 aliphatic rings. The van der Waals surface area contributed by atoms with Crippen molar-refractivity contribution >= 4 is 18.3 Å². The monoisotopic (exact) mass is 293 g/mol. The Morgan fingerprint density at radius 1 is 1.25 bits per heavy atom. The number of likely N-dealkylation sites (tertiary alicyclic amines) is 1. The van der Waals surface area contributed by atoms with Gasteiger partial charge >= 0.3 is 0 Å². The molecule has 0 saturated carbocycles. The first-order valence-electron chi connectivity index (χ1n) is 6.78. The molecule has 0 bridgehead atoms. The summed E-state index contributed by atoms with van der Waals surface area (Å²) in [4.78, 5) is 14.3. The van der Waals surface area contributed by atoms with Gasteiger partial charge in [-0.25, -0.2) is 0 Å². The van der Waals surface area contributed by atoms with Crippen LogP contribution in [0.15, 0.2) is 30.3 Å². The molecule has 20 heavy (non-hydrogen) atoms. The van der Waals surface area contributed by atoms with E-state index in [4.69, 9.17) is 5.26 Å². The van der Waals surface area contributed by atoms with Gasteiger partial charge in [0.1, 0.15) is 6.04 Å². The van der Waals surface area contributed by atoms with Crippen LogP contribution in [0, 0.1) is 11.5 Å². The van der Waals surface area contributed by atoms with Gasteiger partial charge in [-0.05, 0) is 24.8 Å². The number of piperidine rings is 1. The summed E-state index contributed by atoms with van der Waals surface area (Å²) in [7, 11) is 0. The summed E-state index contributed by atoms with van der Waals surface area (Å²) in [6.45, 7) is 1.63. The molecule has 1 aromatic rings. The highest BCUT2D eigenvalue weighted by Crippen LogP contribution is 2.12. The molecule has 0 unspecified atom stereocenters. The second-order valence-electron chi connectivity index (χ2n) is 4.88. The fourth-order valence-electron chi connectivity index (χ4n) is 2.46. The number of nitrogens with one attached hydrogen (secondary N) is 1. The number of carbonyl (C=O) groups is 1. The van der Waals surface area contributed by atoms with E-state index in [0.717, 1.165) is 31.5 Å². The number of hydrogen-bond donors (Lipinski definition) is 1. The van der Waals surface area contributed by atoms with Crippen molar-refractivity contribution in [1.29, 1.82) is 5.26 Å². The van der Waals surface area contributed by atoms with Crippen LogP contribution in [0.1, 0.15) is 24.8 Å². The lowest BCUT2D eigenvalue weighted by Crippen LogP contribution is -2.48. The molecule has 4 nitrogen and oxygen atoms in total. The van der Waals surface area contributed by atoms with E-state index < -0.39 is 6.04 Å². The van der Waals surface area contributed by atoms with Gasteiger partial charge in [0.2, 0.25) is 5.91 Å². The molecule has 0 radical (unpaired) electrons. The lowest BCUT2D eigenvalue weighted by molar-refractivity contribution is -0.134. The molecule has 1 N–H and O–H groups in total. The summed E-state index contributed by atoms with van der Waals surface area (Å²) in [6, 6.07) is 9.37. The molecule has 1 aromatic carbocycles. The van der Waals surface area contributed by atoms with Crippen LogP contribution < -0.4 is 5.32 Å². The molecule has 1 amide bonds. The summed E-state index contributed by atoms with van der Waals surface area (Å²) >= 11 is 0. The van der Waals surface area contributed by atoms with Crippen molar-refractivity contribution in [2.75, 3.05) is 13.1 Å². The van der Waals surface area contributed by atoms with Crippen LogP contribution in [0.25, 0.3) is 0 Å². The number of amides is 1. The molecule has 1 aliphatic heterocycles. The second-order valence-corrected chi connectivity index (χ2v) is 4.88. The summed E-state index contributed by atoms with van der Waals surface area (Å²) < 4.78 is 0. The van der Waals surface area contributed by atoms with E-state index in [1.54, 1.807) is 0 Å². The third-order valence-corrected chi connectivity index (χ3v) is 3.49. The number of nitriles is 1. The van der Waals surface area contributed by atoms with Crippen LogP contribution in [-0.4, -0.2) is 29.9 Å². The predicted molar refractivity (Wildman–Crippen MR) is 80.4 cm³/mol. The Morgan fingerprint density at radius 3 is 2.50 bits per heavy atom. The van der Waals surface area contributed by atoms with Crippen molar-refractivity contribution in [3.8, 4) is 6.19 Å². The molecule has 1 saturated heterocycles. The quantitative estimate of drug-likeness (QED) is 0.683. The zero-order valence-electron chi connectivity index (χ0n) is 11.4. The molecule has 2 rings (SSSR count). The van der Waals surface area contributed by atoms with Crippen LogP contribution >= 0.6 is 12.4 Å². The highest BCUT2D eigenvalue weighted by atomic mass is 35.5. The van der Waals surface area contributed by atoms with E-state index in [1.807, 2.05) is 41.4 Å². The molecule has 5 heteroatoms. The zero-order valence-corrected chi connectivity index (χ0v) is 12.2. The summed E-state index contributed by atoms with van der Waals surface area (Å²) in [6.07, 6.45) is 5.79. The van der Waals surface area contributed by atoms with Crippen molar-refractivity contribution in [3.05, 3.63) is 35.9 Å². The van der Waals surface area contributed by atoms with Gasteiger partial charge in [0.25, 0.3) is 0 Å². The minimum Gasteiger partial charge on any atom is -0.341 e. The van der Waals surface area contributed by atoms with Crippen LogP contribution in [-0.2, 0) is 11.2 Å². The predicted octanol–water partition coefficient (Wildman–Crippen LogP) is 2.10. The standard InChI is InChI=1S/C15H19N3O.ClH/c16-12-17-14(11-13-7-3-1-4-8-13)15(19)18-9-5-2-6-10-18;/h1,3-4,7-8,14,17H,2,5-6,9-11H2;1H/t14-;/m0./s1. The highest BCUT2D eigenvalue weighted by Gasteiger charge is 2.25. The molecule has 0 spiro atoms. The lowest BCUT2D eigenvalue weighted by atomic mass is 10.0. The first kappa shape index (κ1) is 16.3. The van der Waals surface area contributed by atoms with Crippen molar-refractivity contribution in [3.63, 3.8) is 0 Å². The van der Waals surface area contributed by atoms with E-state index in [9.17, 15) is 4.79 Å². The molecule has 0 aliphatic carbocycles. The largest absolute Gasteiger partial charge is 0.341 e. The van der Waals surface area contributed by atoms with Crippen molar-refractivity contribution in [2.24, 2.45) is 0 Å². The van der Waals surface area contributed by atoms with Crippen molar-refractivity contribution in [2.45, 2.75) is 31.7 Å². The van der Waals surface area contributed by atoms with E-state index >= 15 is 0 Å². The van der Waals surface area contributed by atoms with E-state index in [2.05, 4.69) is 5.32 Å². The zero-order chi connectivity index (χ0) is 13.5. The Bertz CT molecular complexity index is 452. The molecule has 0 aromatic heterocycles. The summed E-state index contributed by atoms with van der Waals surface area (Å²) in [5.74, 6) is 0.0464. The molecular formula is C15H20ClN3O. The van der Waals surface area contributed by atoms with Gasteiger partial charge in [-0.3, -0.25) is 4.79 Å². The van der Waals surface area contributed by atoms with Crippen LogP contribution in [0.5, 0.6) is 0 Å². The maximum atomic E-state index is 12.4. The maximum absolute atomic E-state index is 12.4. The number of hydrogen-bond acceptors (Lipinski definition) is 3. The van der Waals surface area contributed by atoms with E-state index in [0.29, 0.717) is 6.42 Å². The first-order chi connectivity index (χ1) is 9.31. The van der Waals surface area contributed by atoms with Gasteiger partial charge in [0.15, 0.2) is 6.19 Å². The Morgan fingerprint density at radius 2 is 1.90 bits per heavy atom. The van der Waals surface area contributed by atoms with E-state index in [-0.39, 0.29) is 18.3 Å².